The molecule has 22 heavy (non-hydrogen) atoms. The lowest BCUT2D eigenvalue weighted by atomic mass is 10.2. The number of ether oxygens (including phenoxy) is 1. The van der Waals surface area contributed by atoms with Crippen LogP contribution < -0.4 is 11.1 Å². The average molecular weight is 428 g/mol. The lowest BCUT2D eigenvalue weighted by molar-refractivity contribution is 0.0253. The maximum Gasteiger partial charge on any atom is 0.410 e. The molecule has 132 valence electrons. The van der Waals surface area contributed by atoms with Gasteiger partial charge in [-0.25, -0.2) is 4.79 Å². The second-order valence-electron chi connectivity index (χ2n) is 6.51. The minimum absolute atomic E-state index is 0. The Labute approximate surface area is 152 Å². The number of carbonyl (C=O) groups is 1. The van der Waals surface area contributed by atoms with Gasteiger partial charge in [-0.1, -0.05) is 20.8 Å². The monoisotopic (exact) mass is 428 g/mol. The topological polar surface area (TPSA) is 80.0 Å². The Morgan fingerprint density at radius 2 is 1.91 bits per heavy atom. The van der Waals surface area contributed by atoms with E-state index in [-0.39, 0.29) is 30.1 Å². The van der Waals surface area contributed by atoms with Crippen molar-refractivity contribution in [2.45, 2.75) is 53.6 Å². The van der Waals surface area contributed by atoms with Gasteiger partial charge in [0.1, 0.15) is 5.60 Å². The van der Waals surface area contributed by atoms with Gasteiger partial charge in [0, 0.05) is 26.2 Å². The first-order valence-electron chi connectivity index (χ1n) is 7.67. The van der Waals surface area contributed by atoms with Crippen LogP contribution in [0.25, 0.3) is 0 Å². The number of rotatable bonds is 7. The Morgan fingerprint density at radius 3 is 2.36 bits per heavy atom. The van der Waals surface area contributed by atoms with E-state index in [0.717, 1.165) is 6.42 Å². The molecule has 0 saturated heterocycles. The Morgan fingerprint density at radius 1 is 1.32 bits per heavy atom. The number of nitrogens with zero attached hydrogens (tertiary/aromatic N) is 2. The second kappa shape index (κ2) is 11.8. The molecule has 0 aromatic rings. The van der Waals surface area contributed by atoms with Crippen LogP contribution in [0.5, 0.6) is 0 Å². The first-order valence-corrected chi connectivity index (χ1v) is 7.67. The number of guanidine groups is 1. The van der Waals surface area contributed by atoms with Gasteiger partial charge in [0.2, 0.25) is 0 Å². The molecule has 0 unspecified atom stereocenters. The van der Waals surface area contributed by atoms with Gasteiger partial charge in [0.15, 0.2) is 5.96 Å². The summed E-state index contributed by atoms with van der Waals surface area (Å²) in [5, 5.41) is 3.02. The molecule has 0 aliphatic heterocycles. The normalized spacial score (nSPS) is 11.9. The predicted octanol–water partition coefficient (Wildman–Crippen LogP) is 2.81. The van der Waals surface area contributed by atoms with Crippen molar-refractivity contribution >= 4 is 36.0 Å². The van der Waals surface area contributed by atoms with Crippen LogP contribution in [0.2, 0.25) is 0 Å². The van der Waals surface area contributed by atoms with Crippen LogP contribution in [0.3, 0.4) is 0 Å². The van der Waals surface area contributed by atoms with Crippen LogP contribution in [0, 0.1) is 5.92 Å². The quantitative estimate of drug-likeness (QED) is 0.371. The minimum atomic E-state index is -0.478. The lowest BCUT2D eigenvalue weighted by Gasteiger charge is -2.27. The molecule has 0 saturated carbocycles. The number of amides is 1. The highest BCUT2D eigenvalue weighted by Gasteiger charge is 2.21. The van der Waals surface area contributed by atoms with E-state index < -0.39 is 5.60 Å². The molecule has 0 rings (SSSR count). The van der Waals surface area contributed by atoms with Crippen LogP contribution in [-0.4, -0.2) is 48.7 Å². The summed E-state index contributed by atoms with van der Waals surface area (Å²) >= 11 is 0. The van der Waals surface area contributed by atoms with E-state index in [0.29, 0.717) is 38.1 Å². The fourth-order valence-corrected chi connectivity index (χ4v) is 1.55. The SMILES string of the molecule is CCCN(CCNC(N)=NCC(C)C)C(=O)OC(C)(C)C.I. The maximum absolute atomic E-state index is 12.1. The summed E-state index contributed by atoms with van der Waals surface area (Å²) in [6.07, 6.45) is 0.597. The van der Waals surface area contributed by atoms with E-state index in [2.05, 4.69) is 24.2 Å². The molecule has 1 amide bonds. The molecule has 0 aliphatic rings. The molecule has 0 fully saturated rings. The average Bonchev–Trinajstić information content (AvgIpc) is 2.33. The third-order valence-electron chi connectivity index (χ3n) is 2.46. The smallest absolute Gasteiger partial charge is 0.410 e. The van der Waals surface area contributed by atoms with Gasteiger partial charge in [-0.2, -0.15) is 0 Å². The molecule has 0 radical (unpaired) electrons. The molecule has 0 aromatic heterocycles. The number of nitrogens with two attached hydrogens (primary N) is 1. The maximum atomic E-state index is 12.1. The zero-order valence-electron chi connectivity index (χ0n) is 14.8. The molecule has 3 N–H and O–H groups in total. The first-order chi connectivity index (χ1) is 9.65. The molecule has 0 spiro atoms. The van der Waals surface area contributed by atoms with Gasteiger partial charge in [-0.15, -0.1) is 24.0 Å². The Bertz CT molecular complexity index is 341. The van der Waals surface area contributed by atoms with E-state index in [1.807, 2.05) is 27.7 Å². The van der Waals surface area contributed by atoms with Crippen molar-refractivity contribution in [2.75, 3.05) is 26.2 Å². The number of hydrogen-bond acceptors (Lipinski definition) is 3. The van der Waals surface area contributed by atoms with E-state index in [1.54, 1.807) is 4.90 Å². The number of halogens is 1. The molecule has 0 aliphatic carbocycles. The molecule has 0 aromatic carbocycles. The fraction of sp³-hybridized carbons (Fsp3) is 0.867. The van der Waals surface area contributed by atoms with Crippen molar-refractivity contribution in [2.24, 2.45) is 16.6 Å². The highest BCUT2D eigenvalue weighted by atomic mass is 127. The summed E-state index contributed by atoms with van der Waals surface area (Å²) in [4.78, 5) is 18.0. The Kier molecular flexibility index (Phi) is 12.6. The summed E-state index contributed by atoms with van der Waals surface area (Å²) in [7, 11) is 0. The van der Waals surface area contributed by atoms with Crippen molar-refractivity contribution in [3.05, 3.63) is 0 Å². The zero-order valence-corrected chi connectivity index (χ0v) is 17.1. The largest absolute Gasteiger partial charge is 0.444 e. The van der Waals surface area contributed by atoms with Crippen LogP contribution >= 0.6 is 24.0 Å². The molecule has 7 heteroatoms. The van der Waals surface area contributed by atoms with E-state index >= 15 is 0 Å². The summed E-state index contributed by atoms with van der Waals surface area (Å²) in [6, 6.07) is 0. The second-order valence-corrected chi connectivity index (χ2v) is 6.51. The summed E-state index contributed by atoms with van der Waals surface area (Å²) in [6.45, 7) is 14.3. The summed E-state index contributed by atoms with van der Waals surface area (Å²) in [5.74, 6) is 0.896. The van der Waals surface area contributed by atoms with Crippen LogP contribution in [0.15, 0.2) is 4.99 Å². The highest BCUT2D eigenvalue weighted by Crippen LogP contribution is 2.09. The molecule has 0 heterocycles. The number of nitrogens with one attached hydrogen (secondary N) is 1. The third-order valence-corrected chi connectivity index (χ3v) is 2.46. The highest BCUT2D eigenvalue weighted by molar-refractivity contribution is 14.0. The van der Waals surface area contributed by atoms with Crippen molar-refractivity contribution in [1.29, 1.82) is 0 Å². The van der Waals surface area contributed by atoms with E-state index in [9.17, 15) is 4.79 Å². The summed E-state index contributed by atoms with van der Waals surface area (Å²) < 4.78 is 5.39. The number of aliphatic imine (C=N–C) groups is 1. The predicted molar refractivity (Wildman–Crippen MR) is 103 cm³/mol. The molecule has 0 atom stereocenters. The first kappa shape index (κ1) is 23.5. The van der Waals surface area contributed by atoms with Crippen LogP contribution in [0.1, 0.15) is 48.0 Å². The molecular formula is C15H33IN4O2. The molecule has 6 nitrogen and oxygen atoms in total. The van der Waals surface area contributed by atoms with Crippen molar-refractivity contribution in [1.82, 2.24) is 10.2 Å². The number of hydrogen-bond donors (Lipinski definition) is 2. The Hall–Kier alpha value is -0.730. The third kappa shape index (κ3) is 13.0. The fourth-order valence-electron chi connectivity index (χ4n) is 1.55. The van der Waals surface area contributed by atoms with Crippen LogP contribution in [0.4, 0.5) is 4.79 Å². The molecule has 0 bridgehead atoms. The Balaban J connectivity index is 0. The van der Waals surface area contributed by atoms with Gasteiger partial charge in [-0.05, 0) is 33.1 Å². The van der Waals surface area contributed by atoms with E-state index in [1.165, 1.54) is 0 Å². The zero-order chi connectivity index (χ0) is 16.5. The summed E-state index contributed by atoms with van der Waals surface area (Å²) in [5.41, 5.74) is 5.29. The molecular weight excluding hydrogens is 395 g/mol. The van der Waals surface area contributed by atoms with Crippen LogP contribution in [-0.2, 0) is 4.74 Å². The minimum Gasteiger partial charge on any atom is -0.444 e. The number of carbonyl (C=O) groups excluding carboxylic acids is 1. The standard InChI is InChI=1S/C15H32N4O2.HI/c1-7-9-19(14(20)21-15(4,5)6)10-8-17-13(16)18-11-12(2)3;/h12H,7-11H2,1-6H3,(H3,16,17,18);1H. The van der Waals surface area contributed by atoms with Gasteiger partial charge >= 0.3 is 6.09 Å². The van der Waals surface area contributed by atoms with Gasteiger partial charge in [0.05, 0.1) is 0 Å². The van der Waals surface area contributed by atoms with Gasteiger partial charge < -0.3 is 20.7 Å². The van der Waals surface area contributed by atoms with Crippen molar-refractivity contribution in [3.8, 4) is 0 Å². The van der Waals surface area contributed by atoms with E-state index in [4.69, 9.17) is 10.5 Å². The van der Waals surface area contributed by atoms with Crippen molar-refractivity contribution in [3.63, 3.8) is 0 Å². The lowest BCUT2D eigenvalue weighted by Crippen LogP contribution is -2.43. The van der Waals surface area contributed by atoms with Gasteiger partial charge in [-0.3, -0.25) is 4.99 Å². The van der Waals surface area contributed by atoms with Gasteiger partial charge in [0.25, 0.3) is 0 Å². The van der Waals surface area contributed by atoms with Crippen molar-refractivity contribution < 1.29 is 9.53 Å².